The van der Waals surface area contributed by atoms with Crippen LogP contribution in [0.4, 0.5) is 0 Å². The lowest BCUT2D eigenvalue weighted by molar-refractivity contribution is 0.322. The van der Waals surface area contributed by atoms with E-state index in [9.17, 15) is 0 Å². The van der Waals surface area contributed by atoms with E-state index < -0.39 is 0 Å². The third-order valence-electron chi connectivity index (χ3n) is 2.19. The van der Waals surface area contributed by atoms with Crippen molar-refractivity contribution in [1.29, 1.82) is 0 Å². The number of benzene rings is 1. The highest BCUT2D eigenvalue weighted by Gasteiger charge is 2.12. The topological polar surface area (TPSA) is 18.5 Å². The summed E-state index contributed by atoms with van der Waals surface area (Å²) in [4.78, 5) is 0. The molecule has 0 fully saturated rings. The summed E-state index contributed by atoms with van der Waals surface area (Å²) in [5, 5.41) is 0. The monoisotopic (exact) mass is 332 g/mol. The molecule has 0 spiro atoms. The van der Waals surface area contributed by atoms with Gasteiger partial charge in [-0.1, -0.05) is 15.9 Å². The van der Waals surface area contributed by atoms with Gasteiger partial charge in [0, 0.05) is 18.1 Å². The van der Waals surface area contributed by atoms with Crippen molar-refractivity contribution in [3.8, 4) is 11.5 Å². The van der Waals surface area contributed by atoms with E-state index in [1.54, 1.807) is 7.11 Å². The van der Waals surface area contributed by atoms with Crippen molar-refractivity contribution < 1.29 is 9.47 Å². The summed E-state index contributed by atoms with van der Waals surface area (Å²) in [5.41, 5.74) is 1.06. The van der Waals surface area contributed by atoms with Crippen LogP contribution in [-0.4, -0.2) is 13.7 Å². The van der Waals surface area contributed by atoms with Crippen LogP contribution < -0.4 is 9.47 Å². The molecule has 0 amide bonds. The molecule has 2 rings (SSSR count). The van der Waals surface area contributed by atoms with Gasteiger partial charge in [-0.05, 0) is 32.6 Å². The van der Waals surface area contributed by atoms with Crippen LogP contribution in [0.25, 0.3) is 6.08 Å². The molecule has 1 aliphatic heterocycles. The molecule has 2 nitrogen and oxygen atoms in total. The van der Waals surface area contributed by atoms with Crippen LogP contribution in [0, 0.1) is 0 Å². The second-order valence-electron chi connectivity index (χ2n) is 3.21. The van der Waals surface area contributed by atoms with Gasteiger partial charge in [0.05, 0.1) is 18.2 Å². The molecule has 0 aromatic heterocycles. The van der Waals surface area contributed by atoms with E-state index in [2.05, 4.69) is 37.9 Å². The molecule has 0 radical (unpaired) electrons. The Morgan fingerprint density at radius 3 is 2.87 bits per heavy atom. The lowest BCUT2D eigenvalue weighted by Crippen LogP contribution is -1.96. The Labute approximate surface area is 106 Å². The van der Waals surface area contributed by atoms with E-state index in [0.29, 0.717) is 6.61 Å². The van der Waals surface area contributed by atoms with Crippen molar-refractivity contribution in [3.05, 3.63) is 26.7 Å². The van der Waals surface area contributed by atoms with Gasteiger partial charge in [0.1, 0.15) is 11.5 Å². The van der Waals surface area contributed by atoms with E-state index in [-0.39, 0.29) is 0 Å². The van der Waals surface area contributed by atoms with E-state index in [0.717, 1.165) is 32.4 Å². The number of methoxy groups -OCH3 is 1. The van der Waals surface area contributed by atoms with Gasteiger partial charge in [0.2, 0.25) is 0 Å². The lowest BCUT2D eigenvalue weighted by Gasteiger charge is -2.09. The largest absolute Gasteiger partial charge is 0.495 e. The molecule has 0 saturated heterocycles. The van der Waals surface area contributed by atoms with Gasteiger partial charge in [-0.3, -0.25) is 0 Å². The predicted molar refractivity (Wildman–Crippen MR) is 67.7 cm³/mol. The summed E-state index contributed by atoms with van der Waals surface area (Å²) in [6.07, 6.45) is 2.97. The van der Waals surface area contributed by atoms with Crippen molar-refractivity contribution in [1.82, 2.24) is 0 Å². The molecular weight excluding hydrogens is 324 g/mol. The van der Waals surface area contributed by atoms with Crippen molar-refractivity contribution in [2.24, 2.45) is 0 Å². The first-order chi connectivity index (χ1) is 7.20. The molecule has 1 aliphatic rings. The summed E-state index contributed by atoms with van der Waals surface area (Å²) in [5.74, 6) is 1.66. The van der Waals surface area contributed by atoms with Crippen LogP contribution in [0.5, 0.6) is 11.5 Å². The first kappa shape index (κ1) is 11.0. The predicted octanol–water partition coefficient (Wildman–Crippen LogP) is 3.98. The molecule has 0 saturated carbocycles. The first-order valence-electron chi connectivity index (χ1n) is 4.57. The Balaban J connectivity index is 2.51. The normalized spacial score (nSPS) is 14.7. The Hall–Kier alpha value is -0.480. The molecule has 0 unspecified atom stereocenters. The van der Waals surface area contributed by atoms with Crippen LogP contribution in [-0.2, 0) is 0 Å². The quantitative estimate of drug-likeness (QED) is 0.774. The summed E-state index contributed by atoms with van der Waals surface area (Å²) in [6.45, 7) is 0.689. The Morgan fingerprint density at radius 1 is 1.33 bits per heavy atom. The van der Waals surface area contributed by atoms with Crippen LogP contribution in [0.1, 0.15) is 12.0 Å². The van der Waals surface area contributed by atoms with Crippen molar-refractivity contribution in [2.45, 2.75) is 6.42 Å². The number of fused-ring (bicyclic) bond motifs is 1. The zero-order chi connectivity index (χ0) is 10.8. The smallest absolute Gasteiger partial charge is 0.136 e. The number of hydrogen-bond acceptors (Lipinski definition) is 2. The van der Waals surface area contributed by atoms with E-state index in [1.807, 2.05) is 12.1 Å². The average Bonchev–Trinajstić information content (AvgIpc) is 2.37. The number of halogens is 2. The molecule has 0 bridgehead atoms. The molecular formula is C11H10Br2O2. The van der Waals surface area contributed by atoms with Gasteiger partial charge in [-0.2, -0.15) is 0 Å². The molecule has 1 aromatic carbocycles. The van der Waals surface area contributed by atoms with Gasteiger partial charge < -0.3 is 9.47 Å². The standard InChI is InChI=1S/C11H10Br2O2/c1-14-11-6-10-7(5-9(11)13)4-8(12)2-3-15-10/h4-6H,2-3H2,1H3. The fourth-order valence-corrected chi connectivity index (χ4v) is 2.38. The average molecular weight is 334 g/mol. The molecule has 0 N–H and O–H groups in total. The highest BCUT2D eigenvalue weighted by molar-refractivity contribution is 9.11. The van der Waals surface area contributed by atoms with Crippen LogP contribution in [0.15, 0.2) is 21.1 Å². The van der Waals surface area contributed by atoms with E-state index in [4.69, 9.17) is 9.47 Å². The molecule has 1 aromatic rings. The van der Waals surface area contributed by atoms with Crippen LogP contribution in [0.3, 0.4) is 0 Å². The molecule has 0 aliphatic carbocycles. The molecule has 80 valence electrons. The molecule has 1 heterocycles. The molecule has 15 heavy (non-hydrogen) atoms. The maximum atomic E-state index is 5.63. The number of hydrogen-bond donors (Lipinski definition) is 0. The Kier molecular flexibility index (Phi) is 3.36. The fraction of sp³-hybridized carbons (Fsp3) is 0.273. The SMILES string of the molecule is COc1cc2c(cc1Br)C=C(Br)CCO2. The molecule has 4 heteroatoms. The summed E-state index contributed by atoms with van der Waals surface area (Å²) >= 11 is 6.96. The van der Waals surface area contributed by atoms with E-state index in [1.165, 1.54) is 0 Å². The fourth-order valence-electron chi connectivity index (χ4n) is 1.44. The van der Waals surface area contributed by atoms with Crippen molar-refractivity contribution >= 4 is 37.9 Å². The maximum Gasteiger partial charge on any atom is 0.136 e. The number of ether oxygens (including phenoxy) is 2. The third-order valence-corrected chi connectivity index (χ3v) is 3.44. The highest BCUT2D eigenvalue weighted by Crippen LogP contribution is 2.36. The minimum absolute atomic E-state index is 0.689. The van der Waals surface area contributed by atoms with Crippen LogP contribution >= 0.6 is 31.9 Å². The summed E-state index contributed by atoms with van der Waals surface area (Å²) in [7, 11) is 1.65. The summed E-state index contributed by atoms with van der Waals surface area (Å²) < 4.78 is 12.9. The number of rotatable bonds is 1. The summed E-state index contributed by atoms with van der Waals surface area (Å²) in [6, 6.07) is 3.91. The maximum absolute atomic E-state index is 5.63. The van der Waals surface area contributed by atoms with Crippen molar-refractivity contribution in [2.75, 3.05) is 13.7 Å². The van der Waals surface area contributed by atoms with Gasteiger partial charge in [-0.15, -0.1) is 0 Å². The Morgan fingerprint density at radius 2 is 2.13 bits per heavy atom. The highest BCUT2D eigenvalue weighted by atomic mass is 79.9. The minimum Gasteiger partial charge on any atom is -0.495 e. The second kappa shape index (κ2) is 4.58. The minimum atomic E-state index is 0.689. The van der Waals surface area contributed by atoms with Gasteiger partial charge in [0.25, 0.3) is 0 Å². The zero-order valence-electron chi connectivity index (χ0n) is 8.22. The molecule has 0 atom stereocenters. The Bertz CT molecular complexity index is 413. The van der Waals surface area contributed by atoms with Gasteiger partial charge in [-0.25, -0.2) is 0 Å². The second-order valence-corrected chi connectivity index (χ2v) is 5.09. The van der Waals surface area contributed by atoms with Gasteiger partial charge >= 0.3 is 0 Å². The van der Waals surface area contributed by atoms with Gasteiger partial charge in [0.15, 0.2) is 0 Å². The third kappa shape index (κ3) is 2.37. The van der Waals surface area contributed by atoms with Crippen molar-refractivity contribution in [3.63, 3.8) is 0 Å². The lowest BCUT2D eigenvalue weighted by atomic mass is 10.2. The van der Waals surface area contributed by atoms with Crippen LogP contribution in [0.2, 0.25) is 0 Å². The zero-order valence-corrected chi connectivity index (χ0v) is 11.4. The van der Waals surface area contributed by atoms with E-state index >= 15 is 0 Å². The first-order valence-corrected chi connectivity index (χ1v) is 6.15.